The second-order valence-corrected chi connectivity index (χ2v) is 8.69. The van der Waals surface area contributed by atoms with Gasteiger partial charge in [-0.15, -0.1) is 0 Å². The minimum atomic E-state index is -1.60. The third kappa shape index (κ3) is 4.65. The van der Waals surface area contributed by atoms with Crippen molar-refractivity contribution in [2.75, 3.05) is 13.7 Å². The van der Waals surface area contributed by atoms with Crippen LogP contribution in [0.15, 0.2) is 60.7 Å². The number of β-lactam (4-membered cyclic amide) rings is 1. The standard InChI is InChI=1S/C27H31NO7/c1-6-34-26(32)22(17(2)3)28-23(21(24(28)30)25(31)33-5)27(35-18(4)29,19-13-9-7-10-14-19)20-15-11-8-12-16-20/h7-17,21-23H,6H2,1-5H3/t21-,22?,23+/m1/s1. The van der Waals surface area contributed by atoms with Gasteiger partial charge in [0.15, 0.2) is 11.5 Å². The van der Waals surface area contributed by atoms with Gasteiger partial charge in [0.1, 0.15) is 12.1 Å². The number of ether oxygens (including phenoxy) is 3. The second-order valence-electron chi connectivity index (χ2n) is 8.69. The Hall–Kier alpha value is -3.68. The van der Waals surface area contributed by atoms with Gasteiger partial charge in [0.2, 0.25) is 5.91 Å². The highest BCUT2D eigenvalue weighted by molar-refractivity contribution is 6.06. The molecule has 8 heteroatoms. The average molecular weight is 482 g/mol. The molecule has 1 aliphatic rings. The van der Waals surface area contributed by atoms with E-state index in [9.17, 15) is 19.2 Å². The average Bonchev–Trinajstić information content (AvgIpc) is 2.84. The van der Waals surface area contributed by atoms with Crippen LogP contribution in [-0.2, 0) is 39.0 Å². The van der Waals surface area contributed by atoms with Crippen LogP contribution >= 0.6 is 0 Å². The third-order valence-corrected chi connectivity index (χ3v) is 6.18. The summed E-state index contributed by atoms with van der Waals surface area (Å²) in [6, 6.07) is 15.7. The predicted molar refractivity (Wildman–Crippen MR) is 127 cm³/mol. The normalized spacial score (nSPS) is 18.5. The third-order valence-electron chi connectivity index (χ3n) is 6.18. The van der Waals surface area contributed by atoms with E-state index < -0.39 is 47.4 Å². The van der Waals surface area contributed by atoms with Gasteiger partial charge in [0, 0.05) is 18.1 Å². The molecule has 0 bridgehead atoms. The maximum Gasteiger partial charge on any atom is 0.329 e. The first kappa shape index (κ1) is 25.9. The van der Waals surface area contributed by atoms with Gasteiger partial charge in [-0.2, -0.15) is 0 Å². The molecule has 0 N–H and O–H groups in total. The van der Waals surface area contributed by atoms with E-state index in [1.807, 2.05) is 12.1 Å². The van der Waals surface area contributed by atoms with Gasteiger partial charge < -0.3 is 19.1 Å². The zero-order valence-corrected chi connectivity index (χ0v) is 20.6. The van der Waals surface area contributed by atoms with E-state index in [-0.39, 0.29) is 12.5 Å². The molecule has 0 aromatic heterocycles. The molecule has 3 atom stereocenters. The Kier molecular flexibility index (Phi) is 7.94. The number of hydrogen-bond donors (Lipinski definition) is 0. The van der Waals surface area contributed by atoms with Crippen LogP contribution < -0.4 is 0 Å². The van der Waals surface area contributed by atoms with Crippen molar-refractivity contribution in [2.45, 2.75) is 45.4 Å². The lowest BCUT2D eigenvalue weighted by molar-refractivity contribution is -0.206. The van der Waals surface area contributed by atoms with Gasteiger partial charge in [0.25, 0.3) is 0 Å². The molecule has 1 aliphatic heterocycles. The van der Waals surface area contributed by atoms with Crippen LogP contribution in [0.5, 0.6) is 0 Å². The number of nitrogens with zero attached hydrogens (tertiary/aromatic N) is 1. The predicted octanol–water partition coefficient (Wildman–Crippen LogP) is 3.08. The van der Waals surface area contributed by atoms with Crippen LogP contribution in [0, 0.1) is 11.8 Å². The number of methoxy groups -OCH3 is 1. The first-order valence-corrected chi connectivity index (χ1v) is 11.6. The van der Waals surface area contributed by atoms with Crippen molar-refractivity contribution in [1.29, 1.82) is 0 Å². The van der Waals surface area contributed by atoms with E-state index in [0.29, 0.717) is 11.1 Å². The second kappa shape index (κ2) is 10.7. The number of likely N-dealkylation sites (tertiary alicyclic amines) is 1. The summed E-state index contributed by atoms with van der Waals surface area (Å²) in [7, 11) is 1.19. The molecule has 0 saturated carbocycles. The molecule has 1 unspecified atom stereocenters. The Labute approximate surface area is 205 Å². The van der Waals surface area contributed by atoms with Gasteiger partial charge in [-0.1, -0.05) is 74.5 Å². The first-order valence-electron chi connectivity index (χ1n) is 11.6. The number of carbonyl (C=O) groups is 4. The molecule has 1 saturated heterocycles. The summed E-state index contributed by atoms with van der Waals surface area (Å²) in [5.41, 5.74) is -0.505. The van der Waals surface area contributed by atoms with E-state index in [1.54, 1.807) is 69.3 Å². The van der Waals surface area contributed by atoms with E-state index in [1.165, 1.54) is 18.9 Å². The van der Waals surface area contributed by atoms with Crippen molar-refractivity contribution < 1.29 is 33.4 Å². The zero-order valence-electron chi connectivity index (χ0n) is 20.6. The molecule has 0 spiro atoms. The highest BCUT2D eigenvalue weighted by Crippen LogP contribution is 2.49. The molecule has 3 rings (SSSR count). The molecule has 1 fully saturated rings. The lowest BCUT2D eigenvalue weighted by Crippen LogP contribution is -2.75. The lowest BCUT2D eigenvalue weighted by Gasteiger charge is -2.56. The van der Waals surface area contributed by atoms with Crippen LogP contribution in [0.25, 0.3) is 0 Å². The Morgan fingerprint density at radius 1 is 0.971 bits per heavy atom. The summed E-state index contributed by atoms with van der Waals surface area (Å²) >= 11 is 0. The number of benzene rings is 2. The topological polar surface area (TPSA) is 99.2 Å². The molecule has 1 heterocycles. The van der Waals surface area contributed by atoms with Gasteiger partial charge in [-0.3, -0.25) is 14.4 Å². The van der Waals surface area contributed by atoms with E-state index in [4.69, 9.17) is 14.2 Å². The van der Waals surface area contributed by atoms with Gasteiger partial charge in [-0.25, -0.2) is 4.79 Å². The molecular formula is C27H31NO7. The summed E-state index contributed by atoms with van der Waals surface area (Å²) in [6.07, 6.45) is 0. The number of amides is 1. The monoisotopic (exact) mass is 481 g/mol. The van der Waals surface area contributed by atoms with E-state index in [2.05, 4.69) is 0 Å². The van der Waals surface area contributed by atoms with Crippen molar-refractivity contribution in [3.05, 3.63) is 71.8 Å². The summed E-state index contributed by atoms with van der Waals surface area (Å²) in [4.78, 5) is 53.4. The van der Waals surface area contributed by atoms with Crippen molar-refractivity contribution in [3.8, 4) is 0 Å². The zero-order chi connectivity index (χ0) is 25.8. The molecule has 35 heavy (non-hydrogen) atoms. The molecule has 0 radical (unpaired) electrons. The highest BCUT2D eigenvalue weighted by Gasteiger charge is 2.67. The van der Waals surface area contributed by atoms with E-state index >= 15 is 0 Å². The quantitative estimate of drug-likeness (QED) is 0.235. The summed E-state index contributed by atoms with van der Waals surface area (Å²) in [5, 5.41) is 0. The van der Waals surface area contributed by atoms with Crippen LogP contribution in [0.2, 0.25) is 0 Å². The molecule has 0 aliphatic carbocycles. The molecule has 2 aromatic rings. The minimum absolute atomic E-state index is 0.127. The fourth-order valence-electron chi connectivity index (χ4n) is 4.83. The molecular weight excluding hydrogens is 450 g/mol. The Balaban J connectivity index is 2.35. The van der Waals surface area contributed by atoms with E-state index in [0.717, 1.165) is 0 Å². The highest BCUT2D eigenvalue weighted by atomic mass is 16.6. The van der Waals surface area contributed by atoms with Crippen molar-refractivity contribution >= 4 is 23.8 Å². The number of rotatable bonds is 9. The number of carbonyl (C=O) groups excluding carboxylic acids is 4. The van der Waals surface area contributed by atoms with Crippen LogP contribution in [-0.4, -0.2) is 54.5 Å². The Morgan fingerprint density at radius 2 is 1.49 bits per heavy atom. The van der Waals surface area contributed by atoms with Crippen LogP contribution in [0.4, 0.5) is 0 Å². The molecule has 1 amide bonds. The van der Waals surface area contributed by atoms with Crippen molar-refractivity contribution in [1.82, 2.24) is 4.90 Å². The fourth-order valence-corrected chi connectivity index (χ4v) is 4.83. The SMILES string of the molecule is CCOC(=O)C(C(C)C)N1C(=O)[C@H](C(=O)OC)[C@H]1C(OC(C)=O)(c1ccccc1)c1ccccc1. The summed E-state index contributed by atoms with van der Waals surface area (Å²) in [6.45, 7) is 6.65. The van der Waals surface area contributed by atoms with Crippen LogP contribution in [0.3, 0.4) is 0 Å². The van der Waals surface area contributed by atoms with Gasteiger partial charge in [0.05, 0.1) is 13.7 Å². The minimum Gasteiger partial charge on any atom is -0.468 e. The van der Waals surface area contributed by atoms with Crippen molar-refractivity contribution in [3.63, 3.8) is 0 Å². The molecule has 8 nitrogen and oxygen atoms in total. The number of hydrogen-bond acceptors (Lipinski definition) is 7. The maximum atomic E-state index is 13.5. The Morgan fingerprint density at radius 3 is 1.89 bits per heavy atom. The Bertz CT molecular complexity index is 1030. The van der Waals surface area contributed by atoms with Crippen LogP contribution in [0.1, 0.15) is 38.8 Å². The summed E-state index contributed by atoms with van der Waals surface area (Å²) < 4.78 is 16.4. The maximum absolute atomic E-state index is 13.5. The number of esters is 3. The van der Waals surface area contributed by atoms with Gasteiger partial charge >= 0.3 is 17.9 Å². The largest absolute Gasteiger partial charge is 0.468 e. The first-order chi connectivity index (χ1) is 16.7. The smallest absolute Gasteiger partial charge is 0.329 e. The molecule has 186 valence electrons. The van der Waals surface area contributed by atoms with Gasteiger partial charge in [-0.05, 0) is 12.8 Å². The summed E-state index contributed by atoms with van der Waals surface area (Å²) in [5.74, 6) is -4.21. The molecule has 2 aromatic carbocycles. The lowest BCUT2D eigenvalue weighted by atomic mass is 9.67. The fraction of sp³-hybridized carbons (Fsp3) is 0.407. The van der Waals surface area contributed by atoms with Crippen molar-refractivity contribution in [2.24, 2.45) is 11.8 Å².